The van der Waals surface area contributed by atoms with Gasteiger partial charge in [0.25, 0.3) is 0 Å². The molecule has 2 fully saturated rings. The highest BCUT2D eigenvalue weighted by atomic mass is 16.3. The van der Waals surface area contributed by atoms with Gasteiger partial charge >= 0.3 is 0 Å². The Hall–Kier alpha value is -0.610. The monoisotopic (exact) mass is 240 g/mol. The third-order valence-electron chi connectivity index (χ3n) is 3.88. The first-order chi connectivity index (χ1) is 8.25. The topological polar surface area (TPSA) is 52.6 Å². The van der Waals surface area contributed by atoms with E-state index in [1.54, 1.807) is 0 Å². The minimum absolute atomic E-state index is 0.0943. The number of aliphatic hydroxyl groups is 1. The number of rotatable bonds is 4. The van der Waals surface area contributed by atoms with E-state index >= 15 is 0 Å². The van der Waals surface area contributed by atoms with Crippen molar-refractivity contribution in [3.05, 3.63) is 0 Å². The lowest BCUT2D eigenvalue weighted by molar-refractivity contribution is -0.130. The van der Waals surface area contributed by atoms with Gasteiger partial charge in [0, 0.05) is 13.1 Å². The minimum Gasteiger partial charge on any atom is -0.393 e. The minimum atomic E-state index is -0.0943. The van der Waals surface area contributed by atoms with E-state index in [2.05, 4.69) is 5.32 Å². The molecule has 0 aromatic heterocycles. The SMILES string of the molecule is O=C(CNCC1CC(O)C1)N1CCCCCC1. The van der Waals surface area contributed by atoms with Crippen molar-refractivity contribution in [2.45, 2.75) is 44.6 Å². The van der Waals surface area contributed by atoms with Crippen LogP contribution < -0.4 is 5.32 Å². The molecule has 0 unspecified atom stereocenters. The predicted molar refractivity (Wildman–Crippen MR) is 66.6 cm³/mol. The second-order valence-electron chi connectivity index (χ2n) is 5.42. The fourth-order valence-electron chi connectivity index (χ4n) is 2.68. The van der Waals surface area contributed by atoms with Crippen molar-refractivity contribution in [1.29, 1.82) is 0 Å². The van der Waals surface area contributed by atoms with E-state index in [-0.39, 0.29) is 12.0 Å². The molecule has 0 aromatic rings. The van der Waals surface area contributed by atoms with Gasteiger partial charge in [-0.2, -0.15) is 0 Å². The van der Waals surface area contributed by atoms with Gasteiger partial charge in [0.1, 0.15) is 0 Å². The molecule has 4 nitrogen and oxygen atoms in total. The van der Waals surface area contributed by atoms with Crippen molar-refractivity contribution in [3.8, 4) is 0 Å². The van der Waals surface area contributed by atoms with Gasteiger partial charge < -0.3 is 15.3 Å². The van der Waals surface area contributed by atoms with Crippen molar-refractivity contribution >= 4 is 5.91 Å². The summed E-state index contributed by atoms with van der Waals surface area (Å²) in [5, 5.41) is 12.4. The third kappa shape index (κ3) is 3.96. The highest BCUT2D eigenvalue weighted by molar-refractivity contribution is 5.78. The zero-order valence-corrected chi connectivity index (χ0v) is 10.5. The summed E-state index contributed by atoms with van der Waals surface area (Å²) < 4.78 is 0. The van der Waals surface area contributed by atoms with Crippen molar-refractivity contribution in [2.75, 3.05) is 26.2 Å². The molecule has 1 aliphatic heterocycles. The molecule has 0 spiro atoms. The molecule has 1 aliphatic carbocycles. The molecule has 0 bridgehead atoms. The second kappa shape index (κ2) is 6.36. The van der Waals surface area contributed by atoms with E-state index in [0.29, 0.717) is 12.5 Å². The van der Waals surface area contributed by atoms with Crippen LogP contribution in [-0.2, 0) is 4.79 Å². The summed E-state index contributed by atoms with van der Waals surface area (Å²) in [6.07, 6.45) is 6.52. The molecule has 4 heteroatoms. The summed E-state index contributed by atoms with van der Waals surface area (Å²) >= 11 is 0. The summed E-state index contributed by atoms with van der Waals surface area (Å²) in [6, 6.07) is 0. The van der Waals surface area contributed by atoms with E-state index in [1.165, 1.54) is 12.8 Å². The van der Waals surface area contributed by atoms with Gasteiger partial charge in [0.15, 0.2) is 0 Å². The number of likely N-dealkylation sites (tertiary alicyclic amines) is 1. The number of hydrogen-bond donors (Lipinski definition) is 2. The summed E-state index contributed by atoms with van der Waals surface area (Å²) in [6.45, 7) is 3.20. The van der Waals surface area contributed by atoms with Crippen LogP contribution >= 0.6 is 0 Å². The average molecular weight is 240 g/mol. The van der Waals surface area contributed by atoms with Gasteiger partial charge in [-0.3, -0.25) is 4.79 Å². The third-order valence-corrected chi connectivity index (χ3v) is 3.88. The van der Waals surface area contributed by atoms with Crippen LogP contribution in [0, 0.1) is 5.92 Å². The lowest BCUT2D eigenvalue weighted by Crippen LogP contribution is -2.42. The van der Waals surface area contributed by atoms with Gasteiger partial charge in [-0.25, -0.2) is 0 Å². The molecule has 0 atom stereocenters. The fourth-order valence-corrected chi connectivity index (χ4v) is 2.68. The zero-order chi connectivity index (χ0) is 12.1. The molecule has 2 N–H and O–H groups in total. The van der Waals surface area contributed by atoms with Crippen LogP contribution in [0.15, 0.2) is 0 Å². The predicted octanol–water partition coefficient (Wildman–Crippen LogP) is 0.749. The molecule has 2 aliphatic rings. The molecule has 17 heavy (non-hydrogen) atoms. The summed E-state index contributed by atoms with van der Waals surface area (Å²) in [5.74, 6) is 0.814. The van der Waals surface area contributed by atoms with Crippen molar-refractivity contribution in [3.63, 3.8) is 0 Å². The van der Waals surface area contributed by atoms with Crippen LogP contribution in [0.2, 0.25) is 0 Å². The van der Waals surface area contributed by atoms with Gasteiger partial charge in [-0.1, -0.05) is 12.8 Å². The number of hydrogen-bond acceptors (Lipinski definition) is 3. The Morgan fingerprint density at radius 2 is 1.82 bits per heavy atom. The number of nitrogens with one attached hydrogen (secondary N) is 1. The maximum atomic E-state index is 11.9. The lowest BCUT2D eigenvalue weighted by Gasteiger charge is -2.31. The molecular formula is C13H24N2O2. The number of nitrogens with zero attached hydrogens (tertiary/aromatic N) is 1. The first-order valence-electron chi connectivity index (χ1n) is 6.92. The quantitative estimate of drug-likeness (QED) is 0.762. The smallest absolute Gasteiger partial charge is 0.236 e. The number of aliphatic hydroxyl groups excluding tert-OH is 1. The fraction of sp³-hybridized carbons (Fsp3) is 0.923. The normalized spacial score (nSPS) is 29.6. The van der Waals surface area contributed by atoms with Crippen LogP contribution in [0.25, 0.3) is 0 Å². The van der Waals surface area contributed by atoms with Crippen molar-refractivity contribution in [1.82, 2.24) is 10.2 Å². The van der Waals surface area contributed by atoms with Crippen LogP contribution in [-0.4, -0.2) is 48.2 Å². The molecule has 0 radical (unpaired) electrons. The van der Waals surface area contributed by atoms with Gasteiger partial charge in [0.05, 0.1) is 12.6 Å². The first kappa shape index (κ1) is 12.8. The lowest BCUT2D eigenvalue weighted by atomic mass is 9.82. The largest absolute Gasteiger partial charge is 0.393 e. The Kier molecular flexibility index (Phi) is 4.80. The van der Waals surface area contributed by atoms with Crippen LogP contribution in [0.4, 0.5) is 0 Å². The molecule has 1 saturated heterocycles. The highest BCUT2D eigenvalue weighted by Crippen LogP contribution is 2.25. The van der Waals surface area contributed by atoms with Crippen LogP contribution in [0.5, 0.6) is 0 Å². The number of carbonyl (C=O) groups excluding carboxylic acids is 1. The maximum Gasteiger partial charge on any atom is 0.236 e. The van der Waals surface area contributed by atoms with E-state index in [0.717, 1.165) is 45.3 Å². The standard InChI is InChI=1S/C13H24N2O2/c16-12-7-11(8-12)9-14-10-13(17)15-5-3-1-2-4-6-15/h11-12,14,16H,1-10H2. The Labute approximate surface area is 103 Å². The highest BCUT2D eigenvalue weighted by Gasteiger charge is 2.26. The molecule has 1 saturated carbocycles. The summed E-state index contributed by atoms with van der Waals surface area (Å²) in [7, 11) is 0. The Balaban J connectivity index is 1.59. The van der Waals surface area contributed by atoms with Crippen LogP contribution in [0.1, 0.15) is 38.5 Å². The Morgan fingerprint density at radius 3 is 2.41 bits per heavy atom. The molecular weight excluding hydrogens is 216 g/mol. The number of carbonyl (C=O) groups is 1. The zero-order valence-electron chi connectivity index (χ0n) is 10.5. The van der Waals surface area contributed by atoms with Crippen LogP contribution in [0.3, 0.4) is 0 Å². The van der Waals surface area contributed by atoms with E-state index in [9.17, 15) is 4.79 Å². The molecule has 1 amide bonds. The first-order valence-corrected chi connectivity index (χ1v) is 6.92. The maximum absolute atomic E-state index is 11.9. The van der Waals surface area contributed by atoms with Crippen molar-refractivity contribution < 1.29 is 9.90 Å². The molecule has 1 heterocycles. The molecule has 2 rings (SSSR count). The summed E-state index contributed by atoms with van der Waals surface area (Å²) in [4.78, 5) is 13.9. The molecule has 98 valence electrons. The molecule has 0 aromatic carbocycles. The average Bonchev–Trinajstić information content (AvgIpc) is 2.55. The summed E-state index contributed by atoms with van der Waals surface area (Å²) in [5.41, 5.74) is 0. The van der Waals surface area contributed by atoms with E-state index in [1.807, 2.05) is 4.90 Å². The number of amides is 1. The van der Waals surface area contributed by atoms with E-state index in [4.69, 9.17) is 5.11 Å². The van der Waals surface area contributed by atoms with Gasteiger partial charge in [-0.15, -0.1) is 0 Å². The van der Waals surface area contributed by atoms with E-state index < -0.39 is 0 Å². The van der Waals surface area contributed by atoms with Crippen molar-refractivity contribution in [2.24, 2.45) is 5.92 Å². The second-order valence-corrected chi connectivity index (χ2v) is 5.42. The Bertz CT molecular complexity index is 244. The van der Waals surface area contributed by atoms with Gasteiger partial charge in [0.2, 0.25) is 5.91 Å². The van der Waals surface area contributed by atoms with Gasteiger partial charge in [-0.05, 0) is 38.1 Å². The Morgan fingerprint density at radius 1 is 1.18 bits per heavy atom.